The molecule has 0 spiro atoms. The largest absolute Gasteiger partial charge is 0.310 e. The van der Waals surface area contributed by atoms with E-state index in [9.17, 15) is 4.79 Å². The van der Waals surface area contributed by atoms with Crippen molar-refractivity contribution in [2.75, 3.05) is 11.4 Å². The van der Waals surface area contributed by atoms with Gasteiger partial charge in [-0.2, -0.15) is 0 Å². The maximum atomic E-state index is 12.8. The summed E-state index contributed by atoms with van der Waals surface area (Å²) in [6.45, 7) is 1.58. The zero-order valence-electron chi connectivity index (χ0n) is 11.9. The Hall–Kier alpha value is -2.13. The molecule has 21 heavy (non-hydrogen) atoms. The smallest absolute Gasteiger partial charge is 0.244 e. The molecule has 4 rings (SSSR count). The number of nitrogens with zero attached hydrogens (tertiary/aromatic N) is 1. The number of hydrogen-bond acceptors (Lipinski definition) is 2. The van der Waals surface area contributed by atoms with E-state index in [4.69, 9.17) is 0 Å². The van der Waals surface area contributed by atoms with Gasteiger partial charge in [-0.05, 0) is 35.6 Å². The average Bonchev–Trinajstić information content (AvgIpc) is 2.98. The van der Waals surface area contributed by atoms with Crippen molar-refractivity contribution in [2.24, 2.45) is 0 Å². The third kappa shape index (κ3) is 2.14. The topological polar surface area (TPSA) is 32.3 Å². The highest BCUT2D eigenvalue weighted by atomic mass is 16.2. The maximum absolute atomic E-state index is 12.8. The van der Waals surface area contributed by atoms with Crippen LogP contribution in [0, 0.1) is 0 Å². The lowest BCUT2D eigenvalue weighted by atomic mass is 9.95. The van der Waals surface area contributed by atoms with E-state index in [-0.39, 0.29) is 11.9 Å². The van der Waals surface area contributed by atoms with Crippen molar-refractivity contribution in [3.8, 4) is 0 Å². The quantitative estimate of drug-likeness (QED) is 0.868. The molecule has 0 saturated carbocycles. The van der Waals surface area contributed by atoms with E-state index in [0.717, 1.165) is 31.6 Å². The summed E-state index contributed by atoms with van der Waals surface area (Å²) in [6.07, 6.45) is 1.75. The number of benzene rings is 2. The number of carbonyl (C=O) groups excluding carboxylic acids is 1. The van der Waals surface area contributed by atoms with Crippen LogP contribution in [0.1, 0.15) is 16.7 Å². The lowest BCUT2D eigenvalue weighted by molar-refractivity contribution is -0.120. The van der Waals surface area contributed by atoms with Gasteiger partial charge in [-0.25, -0.2) is 0 Å². The van der Waals surface area contributed by atoms with Crippen LogP contribution in [-0.2, 0) is 24.2 Å². The number of anilines is 1. The third-order valence-corrected chi connectivity index (χ3v) is 4.53. The van der Waals surface area contributed by atoms with Crippen LogP contribution >= 0.6 is 0 Å². The number of carbonyl (C=O) groups is 1. The summed E-state index contributed by atoms with van der Waals surface area (Å²) in [4.78, 5) is 14.8. The number of fused-ring (bicyclic) bond motifs is 2. The molecule has 1 N–H and O–H groups in total. The van der Waals surface area contributed by atoms with E-state index in [1.54, 1.807) is 0 Å². The Morgan fingerprint density at radius 3 is 2.57 bits per heavy atom. The van der Waals surface area contributed by atoms with Gasteiger partial charge in [0.1, 0.15) is 0 Å². The predicted molar refractivity (Wildman–Crippen MR) is 83.3 cm³/mol. The molecule has 2 aromatic carbocycles. The van der Waals surface area contributed by atoms with Crippen LogP contribution in [0.4, 0.5) is 5.69 Å². The molecule has 2 aromatic rings. The van der Waals surface area contributed by atoms with Gasteiger partial charge < -0.3 is 10.2 Å². The van der Waals surface area contributed by atoms with Crippen molar-refractivity contribution < 1.29 is 4.79 Å². The Bertz CT molecular complexity index is 695. The normalized spacial score (nSPS) is 20.0. The minimum atomic E-state index is -0.106. The zero-order valence-corrected chi connectivity index (χ0v) is 11.9. The summed E-state index contributed by atoms with van der Waals surface area (Å²) < 4.78 is 0. The van der Waals surface area contributed by atoms with Crippen LogP contribution in [-0.4, -0.2) is 18.5 Å². The molecule has 3 nitrogen and oxygen atoms in total. The number of nitrogens with one attached hydrogen (secondary N) is 1. The Morgan fingerprint density at radius 2 is 1.71 bits per heavy atom. The van der Waals surface area contributed by atoms with Crippen molar-refractivity contribution in [3.05, 3.63) is 65.2 Å². The highest BCUT2D eigenvalue weighted by molar-refractivity contribution is 5.99. The second-order valence-corrected chi connectivity index (χ2v) is 5.77. The molecular weight excluding hydrogens is 260 g/mol. The molecule has 3 heteroatoms. The molecule has 0 aliphatic carbocycles. The molecule has 106 valence electrons. The number of hydrogen-bond donors (Lipinski definition) is 1. The fraction of sp³-hybridized carbons (Fsp3) is 0.278. The summed E-state index contributed by atoms with van der Waals surface area (Å²) in [5.74, 6) is 0.203. The fourth-order valence-electron chi connectivity index (χ4n) is 3.38. The Morgan fingerprint density at radius 1 is 1.00 bits per heavy atom. The van der Waals surface area contributed by atoms with Crippen LogP contribution in [0.25, 0.3) is 0 Å². The molecule has 2 heterocycles. The van der Waals surface area contributed by atoms with Gasteiger partial charge >= 0.3 is 0 Å². The minimum Gasteiger partial charge on any atom is -0.310 e. The Labute approximate surface area is 124 Å². The SMILES string of the molecule is O=C([C@H]1Cc2ccccc2CN1)N1CCc2ccccc21. The van der Waals surface area contributed by atoms with E-state index < -0.39 is 0 Å². The average molecular weight is 278 g/mol. The molecule has 0 bridgehead atoms. The van der Waals surface area contributed by atoms with Crippen LogP contribution in [0.2, 0.25) is 0 Å². The Balaban J connectivity index is 1.57. The van der Waals surface area contributed by atoms with Gasteiger partial charge in [0.15, 0.2) is 0 Å². The monoisotopic (exact) mass is 278 g/mol. The number of rotatable bonds is 1. The van der Waals surface area contributed by atoms with E-state index in [0.29, 0.717) is 0 Å². The van der Waals surface area contributed by atoms with Crippen LogP contribution in [0.5, 0.6) is 0 Å². The first-order valence-electron chi connectivity index (χ1n) is 7.52. The lowest BCUT2D eigenvalue weighted by Gasteiger charge is -2.29. The van der Waals surface area contributed by atoms with E-state index >= 15 is 0 Å². The summed E-state index contributed by atoms with van der Waals surface area (Å²) >= 11 is 0. The van der Waals surface area contributed by atoms with E-state index in [1.165, 1.54) is 16.7 Å². The van der Waals surface area contributed by atoms with Crippen molar-refractivity contribution in [3.63, 3.8) is 0 Å². The minimum absolute atomic E-state index is 0.106. The van der Waals surface area contributed by atoms with Crippen LogP contribution < -0.4 is 10.2 Å². The number of amides is 1. The molecule has 0 saturated heterocycles. The molecule has 1 amide bonds. The molecule has 0 unspecified atom stereocenters. The van der Waals surface area contributed by atoms with Gasteiger partial charge in [-0.15, -0.1) is 0 Å². The summed E-state index contributed by atoms with van der Waals surface area (Å²) in [5.41, 5.74) is 4.97. The third-order valence-electron chi connectivity index (χ3n) is 4.53. The highest BCUT2D eigenvalue weighted by Crippen LogP contribution is 2.29. The maximum Gasteiger partial charge on any atom is 0.244 e. The van der Waals surface area contributed by atoms with Gasteiger partial charge in [0.2, 0.25) is 5.91 Å². The van der Waals surface area contributed by atoms with Crippen LogP contribution in [0.3, 0.4) is 0 Å². The van der Waals surface area contributed by atoms with Gasteiger partial charge in [-0.3, -0.25) is 4.79 Å². The molecule has 0 fully saturated rings. The lowest BCUT2D eigenvalue weighted by Crippen LogP contribution is -2.49. The predicted octanol–water partition coefficient (Wildman–Crippen LogP) is 2.29. The molecule has 0 radical (unpaired) electrons. The van der Waals surface area contributed by atoms with E-state index in [1.807, 2.05) is 17.0 Å². The van der Waals surface area contributed by atoms with Gasteiger partial charge in [-0.1, -0.05) is 42.5 Å². The standard InChI is InChI=1S/C18H18N2O/c21-18(20-10-9-13-5-3-4-8-17(13)20)16-11-14-6-1-2-7-15(14)12-19-16/h1-8,16,19H,9-12H2/t16-/m1/s1. The van der Waals surface area contributed by atoms with Crippen molar-refractivity contribution in [2.45, 2.75) is 25.4 Å². The summed E-state index contributed by atoms with van der Waals surface area (Å²) in [6, 6.07) is 16.5. The summed E-state index contributed by atoms with van der Waals surface area (Å²) in [5, 5.41) is 3.39. The first-order chi connectivity index (χ1) is 10.3. The van der Waals surface area contributed by atoms with Crippen molar-refractivity contribution in [1.82, 2.24) is 5.32 Å². The highest BCUT2D eigenvalue weighted by Gasteiger charge is 2.31. The van der Waals surface area contributed by atoms with Gasteiger partial charge in [0.25, 0.3) is 0 Å². The van der Waals surface area contributed by atoms with Crippen molar-refractivity contribution >= 4 is 11.6 Å². The molecule has 1 atom stereocenters. The first kappa shape index (κ1) is 12.6. The molecular formula is C18H18N2O. The van der Waals surface area contributed by atoms with E-state index in [2.05, 4.69) is 41.7 Å². The molecule has 0 aromatic heterocycles. The van der Waals surface area contributed by atoms with Gasteiger partial charge in [0, 0.05) is 18.8 Å². The van der Waals surface area contributed by atoms with Gasteiger partial charge in [0.05, 0.1) is 6.04 Å². The molecule has 2 aliphatic heterocycles. The second kappa shape index (κ2) is 5.01. The molecule has 2 aliphatic rings. The van der Waals surface area contributed by atoms with Crippen molar-refractivity contribution in [1.29, 1.82) is 0 Å². The zero-order chi connectivity index (χ0) is 14.2. The summed E-state index contributed by atoms with van der Waals surface area (Å²) in [7, 11) is 0. The Kier molecular flexibility index (Phi) is 3.00. The first-order valence-corrected chi connectivity index (χ1v) is 7.52. The van der Waals surface area contributed by atoms with Crippen LogP contribution in [0.15, 0.2) is 48.5 Å². The fourth-order valence-corrected chi connectivity index (χ4v) is 3.38. The number of para-hydroxylation sites is 1. The second-order valence-electron chi connectivity index (χ2n) is 5.77.